The van der Waals surface area contributed by atoms with Crippen molar-refractivity contribution >= 4 is 5.97 Å². The minimum atomic E-state index is -1.82. The predicted octanol–water partition coefficient (Wildman–Crippen LogP) is 3.67. The topological polar surface area (TPSA) is 166 Å². The number of methoxy groups -OCH3 is 1. The highest BCUT2D eigenvalue weighted by atomic mass is 16.7. The zero-order chi connectivity index (χ0) is 39.2. The van der Waals surface area contributed by atoms with Crippen LogP contribution < -0.4 is 0 Å². The van der Waals surface area contributed by atoms with Crippen LogP contribution in [0, 0.1) is 17.8 Å². The fraction of sp³-hybridized carbons (Fsp3) is 0.923. The maximum atomic E-state index is 14.3. The first-order chi connectivity index (χ1) is 24.0. The summed E-state index contributed by atoms with van der Waals surface area (Å²) in [5.41, 5.74) is -2.96. The molecule has 4 aliphatic heterocycles. The summed E-state index contributed by atoms with van der Waals surface area (Å²) in [6.45, 7) is 22.2. The van der Waals surface area contributed by atoms with Gasteiger partial charge in [-0.1, -0.05) is 20.8 Å². The summed E-state index contributed by atoms with van der Waals surface area (Å²) in [4.78, 5) is 16.5. The number of hydrogen-bond donors (Lipinski definition) is 4. The standard InChI is InChI=1S/C39H69NO12/c1-15-27(41)39(12,45)34-22(6)30-20(4)17-38(11,52-30)33(51-36-29(42)26(16-21(5)47-36)40(13)19(2)3)23(7)31(24(8)35(44)50-34)49-28-18-37(10,46-14)32(43)25(9)48-28/h19,21-29,31-34,36,41-43,45H,15-18H2,1-14H3/t21-,22+,23+,24-,25+,26+,27?,28+,29-,31?,32+,33-,34-,36+,37-,38-,39?/m1/s1. The number of esters is 1. The van der Waals surface area contributed by atoms with E-state index in [4.69, 9.17) is 33.2 Å². The highest BCUT2D eigenvalue weighted by Crippen LogP contribution is 2.48. The van der Waals surface area contributed by atoms with E-state index in [0.29, 0.717) is 18.6 Å². The summed E-state index contributed by atoms with van der Waals surface area (Å²) in [5, 5.41) is 45.5. The molecular formula is C39H69NO12. The van der Waals surface area contributed by atoms with Crippen molar-refractivity contribution in [1.82, 2.24) is 4.90 Å². The molecule has 4 heterocycles. The second-order valence-electron chi connectivity index (χ2n) is 17.1. The molecule has 0 amide bonds. The average Bonchev–Trinajstić information content (AvgIpc) is 3.40. The van der Waals surface area contributed by atoms with Crippen LogP contribution in [0.3, 0.4) is 0 Å². The van der Waals surface area contributed by atoms with Crippen LogP contribution in [0.1, 0.15) is 109 Å². The van der Waals surface area contributed by atoms with Crippen LogP contribution in [0.15, 0.2) is 11.3 Å². The first-order valence-corrected chi connectivity index (χ1v) is 19.3. The van der Waals surface area contributed by atoms with E-state index in [1.807, 2.05) is 41.7 Å². The maximum absolute atomic E-state index is 14.3. The van der Waals surface area contributed by atoms with E-state index >= 15 is 0 Å². The molecule has 3 saturated heterocycles. The van der Waals surface area contributed by atoms with Crippen molar-refractivity contribution in [2.45, 2.75) is 199 Å². The molecule has 4 aliphatic rings. The molecule has 0 saturated carbocycles. The van der Waals surface area contributed by atoms with Gasteiger partial charge in [-0.05, 0) is 87.8 Å². The maximum Gasteiger partial charge on any atom is 0.311 e. The van der Waals surface area contributed by atoms with Crippen LogP contribution in [0.4, 0.5) is 0 Å². The molecule has 13 nitrogen and oxygen atoms in total. The zero-order valence-corrected chi connectivity index (χ0v) is 34.0. The molecular weight excluding hydrogens is 674 g/mol. The first-order valence-electron chi connectivity index (χ1n) is 19.3. The molecule has 4 N–H and O–H groups in total. The fourth-order valence-electron chi connectivity index (χ4n) is 9.00. The summed E-state index contributed by atoms with van der Waals surface area (Å²) < 4.78 is 45.1. The van der Waals surface area contributed by atoms with Crippen molar-refractivity contribution in [3.8, 4) is 0 Å². The van der Waals surface area contributed by atoms with Crippen molar-refractivity contribution in [2.75, 3.05) is 14.2 Å². The molecule has 17 atom stereocenters. The lowest BCUT2D eigenvalue weighted by molar-refractivity contribution is -0.317. The quantitative estimate of drug-likeness (QED) is 0.240. The number of nitrogens with zero attached hydrogens (tertiary/aromatic N) is 1. The third-order valence-corrected chi connectivity index (χ3v) is 12.6. The zero-order valence-electron chi connectivity index (χ0n) is 34.0. The summed E-state index contributed by atoms with van der Waals surface area (Å²) in [7, 11) is 3.51. The Bertz CT molecular complexity index is 1260. The Morgan fingerprint density at radius 1 is 1.06 bits per heavy atom. The molecule has 0 aromatic rings. The molecule has 0 aliphatic carbocycles. The molecule has 4 rings (SSSR count). The lowest BCUT2D eigenvalue weighted by Gasteiger charge is -2.49. The number of hydrogen-bond acceptors (Lipinski definition) is 13. The van der Waals surface area contributed by atoms with Crippen molar-refractivity contribution in [3.05, 3.63) is 11.3 Å². The van der Waals surface area contributed by atoms with Crippen LogP contribution in [-0.2, 0) is 38.0 Å². The van der Waals surface area contributed by atoms with Crippen molar-refractivity contribution in [2.24, 2.45) is 17.8 Å². The van der Waals surface area contributed by atoms with Gasteiger partial charge >= 0.3 is 5.97 Å². The number of fused-ring (bicyclic) bond motifs is 2. The molecule has 2 bridgehead atoms. The van der Waals surface area contributed by atoms with E-state index in [0.717, 1.165) is 5.57 Å². The van der Waals surface area contributed by atoms with Gasteiger partial charge in [-0.2, -0.15) is 0 Å². The fourth-order valence-corrected chi connectivity index (χ4v) is 9.00. The molecule has 302 valence electrons. The van der Waals surface area contributed by atoms with Gasteiger partial charge in [0.05, 0.1) is 41.9 Å². The summed E-state index contributed by atoms with van der Waals surface area (Å²) in [6.07, 6.45) is -7.31. The van der Waals surface area contributed by atoms with Crippen LogP contribution in [0.5, 0.6) is 0 Å². The van der Waals surface area contributed by atoms with Gasteiger partial charge in [0, 0.05) is 38.0 Å². The predicted molar refractivity (Wildman–Crippen MR) is 193 cm³/mol. The molecule has 52 heavy (non-hydrogen) atoms. The highest BCUT2D eigenvalue weighted by molar-refractivity contribution is 5.73. The molecule has 0 aromatic carbocycles. The van der Waals surface area contributed by atoms with E-state index in [2.05, 4.69) is 18.7 Å². The van der Waals surface area contributed by atoms with Gasteiger partial charge in [0.25, 0.3) is 0 Å². The number of carbonyl (C=O) groups is 1. The second-order valence-corrected chi connectivity index (χ2v) is 17.1. The molecule has 0 radical (unpaired) electrons. The average molecular weight is 744 g/mol. The summed E-state index contributed by atoms with van der Waals surface area (Å²) >= 11 is 0. The minimum Gasteiger partial charge on any atom is -0.488 e. The van der Waals surface area contributed by atoms with Gasteiger partial charge in [-0.3, -0.25) is 9.69 Å². The van der Waals surface area contributed by atoms with E-state index in [-0.39, 0.29) is 31.0 Å². The first kappa shape index (κ1) is 43.3. The Balaban J connectivity index is 1.83. The minimum absolute atomic E-state index is 0.170. The molecule has 3 unspecified atom stereocenters. The van der Waals surface area contributed by atoms with Gasteiger partial charge in [-0.25, -0.2) is 0 Å². The SMILES string of the molecule is CCC(O)C(C)(O)[C@@H]1OC(=O)[C@H](C)C(O[C@H]2C[C@@](C)(OC)[C@@H](O)[C@H](C)O2)[C@H](C)[C@@H](O[C@@H]2O[C@H](C)C[C@H](N(C)C(C)C)[C@H]2O)[C@@]2(C)CC(C)=C(O2)[C@@H]1C. The number of rotatable bonds is 10. The summed E-state index contributed by atoms with van der Waals surface area (Å²) in [5.74, 6) is -2.27. The highest BCUT2D eigenvalue weighted by Gasteiger charge is 2.57. The van der Waals surface area contributed by atoms with Crippen LogP contribution in [0.25, 0.3) is 0 Å². The number of likely N-dealkylation sites (N-methyl/N-ethyl adjacent to an activating group) is 1. The van der Waals surface area contributed by atoms with Crippen LogP contribution in [0.2, 0.25) is 0 Å². The van der Waals surface area contributed by atoms with Gasteiger partial charge in [0.2, 0.25) is 0 Å². The molecule has 0 spiro atoms. The molecule has 13 heteroatoms. The third-order valence-electron chi connectivity index (χ3n) is 12.6. The van der Waals surface area contributed by atoms with Gasteiger partial charge in [0.1, 0.15) is 41.4 Å². The normalized spacial score (nSPS) is 45.3. The second kappa shape index (κ2) is 16.4. The van der Waals surface area contributed by atoms with Gasteiger partial charge < -0.3 is 53.6 Å². The van der Waals surface area contributed by atoms with Crippen molar-refractivity contribution in [3.63, 3.8) is 0 Å². The van der Waals surface area contributed by atoms with Crippen LogP contribution >= 0.6 is 0 Å². The molecule has 3 fully saturated rings. The Kier molecular flexibility index (Phi) is 13.6. The number of aliphatic hydroxyl groups is 4. The Morgan fingerprint density at radius 3 is 2.27 bits per heavy atom. The van der Waals surface area contributed by atoms with Gasteiger partial charge in [0.15, 0.2) is 12.6 Å². The Labute approximate surface area is 311 Å². The van der Waals surface area contributed by atoms with E-state index in [1.54, 1.807) is 27.7 Å². The third kappa shape index (κ3) is 8.39. The van der Waals surface area contributed by atoms with Crippen molar-refractivity contribution in [1.29, 1.82) is 0 Å². The lowest BCUT2D eigenvalue weighted by atomic mass is 9.78. The number of carbonyl (C=O) groups excluding carboxylic acids is 1. The number of ether oxygens (including phenoxy) is 7. The summed E-state index contributed by atoms with van der Waals surface area (Å²) in [6, 6.07) is -0.0625. The van der Waals surface area contributed by atoms with E-state index < -0.39 is 95.8 Å². The van der Waals surface area contributed by atoms with E-state index in [1.165, 1.54) is 14.0 Å². The molecule has 0 aromatic heterocycles. The van der Waals surface area contributed by atoms with Gasteiger partial charge in [-0.15, -0.1) is 0 Å². The largest absolute Gasteiger partial charge is 0.488 e. The Morgan fingerprint density at radius 2 is 1.69 bits per heavy atom. The van der Waals surface area contributed by atoms with Crippen LogP contribution in [-0.4, -0.2) is 136 Å². The monoisotopic (exact) mass is 743 g/mol. The smallest absolute Gasteiger partial charge is 0.311 e. The van der Waals surface area contributed by atoms with E-state index in [9.17, 15) is 25.2 Å². The lowest BCUT2D eigenvalue weighted by Crippen LogP contribution is -2.61. The van der Waals surface area contributed by atoms with Crippen molar-refractivity contribution < 1.29 is 58.4 Å². The Hall–Kier alpha value is -1.39. The number of aliphatic hydroxyl groups excluding tert-OH is 3. The number of cyclic esters (lactones) is 1.